The molecule has 0 amide bonds. The van der Waals surface area contributed by atoms with Crippen molar-refractivity contribution in [2.45, 2.75) is 0 Å². The fourth-order valence-electron chi connectivity index (χ4n) is 7.05. The van der Waals surface area contributed by atoms with Gasteiger partial charge in [-0.1, -0.05) is 133 Å². The summed E-state index contributed by atoms with van der Waals surface area (Å²) in [5, 5.41) is 0. The van der Waals surface area contributed by atoms with Crippen LogP contribution in [0, 0.1) is 12.1 Å². The maximum Gasteiger partial charge on any atom is 2.00 e. The van der Waals surface area contributed by atoms with Gasteiger partial charge in [0.05, 0.1) is 11.4 Å². The van der Waals surface area contributed by atoms with Gasteiger partial charge in [-0.15, -0.1) is 71.8 Å². The summed E-state index contributed by atoms with van der Waals surface area (Å²) in [6.45, 7) is 0. The molecule has 70 heavy (non-hydrogen) atoms. The van der Waals surface area contributed by atoms with E-state index in [9.17, 15) is 0 Å². The Balaban J connectivity index is 0.000000200. The first-order chi connectivity index (χ1) is 33.8. The van der Waals surface area contributed by atoms with Crippen LogP contribution in [0.15, 0.2) is 243 Å². The van der Waals surface area contributed by atoms with E-state index in [0.717, 1.165) is 79.7 Å². The summed E-state index contributed by atoms with van der Waals surface area (Å²) in [7, 11) is 20.0. The Hall–Kier alpha value is -2.67. The van der Waals surface area contributed by atoms with E-state index in [4.69, 9.17) is 57.6 Å². The third-order valence-electron chi connectivity index (χ3n) is 9.99. The third kappa shape index (κ3) is 17.2. The van der Waals surface area contributed by atoms with Gasteiger partial charge in [0.1, 0.15) is 23.3 Å². The number of anilines is 6. The summed E-state index contributed by atoms with van der Waals surface area (Å²) in [4.78, 5) is 24.0. The molecule has 10 aromatic rings. The average molecular weight is 1410 g/mol. The zero-order valence-electron chi connectivity index (χ0n) is 37.9. The second kappa shape index (κ2) is 29.9. The largest absolute Gasteiger partial charge is 2.00 e. The van der Waals surface area contributed by atoms with Gasteiger partial charge in [-0.2, -0.15) is 0 Å². The van der Waals surface area contributed by atoms with E-state index >= 15 is 0 Å². The Morgan fingerprint density at radius 3 is 0.900 bits per heavy atom. The molecule has 0 spiro atoms. The smallest absolute Gasteiger partial charge is 0.280 e. The summed E-state index contributed by atoms with van der Waals surface area (Å²) in [6.07, 6.45) is 0. The molecule has 4 aromatic heterocycles. The Morgan fingerprint density at radius 2 is 0.600 bits per heavy atom. The predicted molar refractivity (Wildman–Crippen MR) is 288 cm³/mol. The van der Waals surface area contributed by atoms with E-state index in [1.807, 2.05) is 194 Å². The first kappa shape index (κ1) is 56.6. The monoisotopic (exact) mass is 1400 g/mol. The Bertz CT molecular complexity index is 2720. The molecule has 14 heteroatoms. The van der Waals surface area contributed by atoms with Crippen LogP contribution in [0.5, 0.6) is 0 Å². The minimum Gasteiger partial charge on any atom is -0.280 e. The average Bonchev–Trinajstić information content (AvgIpc) is 3.41. The second-order valence-electron chi connectivity index (χ2n) is 14.4. The topological polar surface area (TPSA) is 58.0 Å². The maximum atomic E-state index is 5.01. The molecule has 10 rings (SSSR count). The Kier molecular flexibility index (Phi) is 24.2. The van der Waals surface area contributed by atoms with Crippen LogP contribution in [0.4, 0.5) is 34.6 Å². The first-order valence-electron chi connectivity index (χ1n) is 21.9. The molecule has 0 bridgehead atoms. The summed E-state index contributed by atoms with van der Waals surface area (Å²) in [5.74, 6) is 3.24. The van der Waals surface area contributed by atoms with Gasteiger partial charge in [-0.3, -0.25) is 19.8 Å². The SMILES string of the molecule is [Cl][Pt]([Cl])([Cl])[Cl].[K][K].[Pt+2].[c-]1ccccc1-c1cccc(N(c2ccccc2)c2cccc(-c3[c-]cccc3)n2)n1.c1ccc(-c2cccc(N(c3ccccc3)c3cccc(-c4ccccc4)n3)n2)cc1. The molecule has 0 saturated heterocycles. The van der Waals surface area contributed by atoms with Crippen molar-refractivity contribution in [3.63, 3.8) is 0 Å². The van der Waals surface area contributed by atoms with Gasteiger partial charge >= 0.3 is 134 Å². The molecule has 6 aromatic carbocycles. The van der Waals surface area contributed by atoms with Crippen LogP contribution in [0.1, 0.15) is 0 Å². The van der Waals surface area contributed by atoms with Crippen LogP contribution in [0.3, 0.4) is 0 Å². The van der Waals surface area contributed by atoms with Crippen LogP contribution in [-0.2, 0) is 33.0 Å². The fourth-order valence-corrected chi connectivity index (χ4v) is 7.05. The molecular formula is C56H40Cl4K2N6Pt2. The molecule has 0 N–H and O–H groups in total. The molecular weight excluding hydrogens is 1370 g/mol. The quantitative estimate of drug-likeness (QED) is 0.100. The molecule has 344 valence electrons. The van der Waals surface area contributed by atoms with E-state index in [1.54, 1.807) is 0 Å². The normalized spacial score (nSPS) is 10.6. The van der Waals surface area contributed by atoms with Crippen LogP contribution in [0.2, 0.25) is 0 Å². The molecule has 0 fully saturated rings. The number of benzene rings is 6. The molecule has 0 atom stereocenters. The molecule has 0 saturated carbocycles. The van der Waals surface area contributed by atoms with Crippen molar-refractivity contribution >= 4 is 135 Å². The summed E-state index contributed by atoms with van der Waals surface area (Å²) < 4.78 is 0. The number of nitrogens with zero attached hydrogens (tertiary/aromatic N) is 6. The molecule has 0 radical (unpaired) electrons. The molecule has 6 nitrogen and oxygen atoms in total. The van der Waals surface area contributed by atoms with Crippen LogP contribution < -0.4 is 9.80 Å². The third-order valence-corrected chi connectivity index (χ3v) is 9.99. The Labute approximate surface area is 489 Å². The van der Waals surface area contributed by atoms with Crippen molar-refractivity contribution in [1.29, 1.82) is 0 Å². The van der Waals surface area contributed by atoms with Crippen molar-refractivity contribution in [1.82, 2.24) is 19.9 Å². The van der Waals surface area contributed by atoms with Crippen LogP contribution in [-0.4, -0.2) is 83.1 Å². The molecule has 0 aliphatic rings. The van der Waals surface area contributed by atoms with Crippen LogP contribution in [0.25, 0.3) is 45.0 Å². The molecule has 0 unspecified atom stereocenters. The van der Waals surface area contributed by atoms with Gasteiger partial charge < -0.3 is 0 Å². The second-order valence-corrected chi connectivity index (χ2v) is 34.1. The van der Waals surface area contributed by atoms with Crippen molar-refractivity contribution in [2.75, 3.05) is 9.80 Å². The van der Waals surface area contributed by atoms with Crippen molar-refractivity contribution < 1.29 is 33.0 Å². The van der Waals surface area contributed by atoms with E-state index in [-0.39, 0.29) is 21.1 Å². The molecule has 4 heterocycles. The van der Waals surface area contributed by atoms with Gasteiger partial charge in [0.2, 0.25) is 0 Å². The summed E-state index contributed by atoms with van der Waals surface area (Å²) >= 11 is -0.556. The predicted octanol–water partition coefficient (Wildman–Crippen LogP) is 16.2. The van der Waals surface area contributed by atoms with Crippen molar-refractivity contribution in [3.8, 4) is 45.0 Å². The number of aromatic nitrogens is 4. The van der Waals surface area contributed by atoms with Crippen molar-refractivity contribution in [2.24, 2.45) is 0 Å². The summed E-state index contributed by atoms with van der Waals surface area (Å²) in [5.41, 5.74) is 9.68. The van der Waals surface area contributed by atoms with E-state index in [1.165, 1.54) is 63.2 Å². The number of para-hydroxylation sites is 2. The number of pyridine rings is 4. The first-order valence-corrected chi connectivity index (χ1v) is 49.1. The standard InChI is InChI=1S/C28H21N3.C28H19N3.4ClH.2K.2Pt/c2*1-4-12-22(13-5-1)25-18-10-20-27(29-25)31(24-16-8-3-9-17-24)28-21-11-19-26(30-28)23-14-6-2-7-15-23;;;;;;;;/h1-21H;1-12,14,16-21H;4*1H;;;;/q;-2;;;;;;;+2;+4/p-4. The summed E-state index contributed by atoms with van der Waals surface area (Å²) in [6, 6.07) is 87.4. The van der Waals surface area contributed by atoms with E-state index in [0.29, 0.717) is 0 Å². The minimum atomic E-state index is -3.06. The van der Waals surface area contributed by atoms with E-state index in [2.05, 4.69) is 70.5 Å². The van der Waals surface area contributed by atoms with Gasteiger partial charge in [-0.25, -0.2) is 9.97 Å². The maximum absolute atomic E-state index is 5.01. The minimum absolute atomic E-state index is 0. The number of rotatable bonds is 10. The van der Waals surface area contributed by atoms with Gasteiger partial charge in [0.25, 0.3) is 0 Å². The molecule has 0 aliphatic heterocycles. The van der Waals surface area contributed by atoms with Gasteiger partial charge in [-0.05, 0) is 72.1 Å². The number of halogens is 4. The fraction of sp³-hybridized carbons (Fsp3) is 0. The number of hydrogen-bond donors (Lipinski definition) is 0. The van der Waals surface area contributed by atoms with Gasteiger partial charge in [0, 0.05) is 22.5 Å². The van der Waals surface area contributed by atoms with Crippen LogP contribution >= 0.6 is 37.7 Å². The zero-order chi connectivity index (χ0) is 48.3. The van der Waals surface area contributed by atoms with Gasteiger partial charge in [0.15, 0.2) is 0 Å². The molecule has 0 aliphatic carbocycles. The van der Waals surface area contributed by atoms with E-state index < -0.39 is 11.9 Å². The van der Waals surface area contributed by atoms with Crippen molar-refractivity contribution in [3.05, 3.63) is 255 Å². The zero-order valence-corrected chi connectivity index (χ0v) is 51.7. The number of hydrogen-bond acceptors (Lipinski definition) is 6. The Morgan fingerprint density at radius 1 is 0.329 bits per heavy atom.